The van der Waals surface area contributed by atoms with E-state index in [1.807, 2.05) is 38.1 Å². The van der Waals surface area contributed by atoms with Crippen LogP contribution in [-0.4, -0.2) is 24.9 Å². The van der Waals surface area contributed by atoms with Crippen molar-refractivity contribution in [3.63, 3.8) is 0 Å². The summed E-state index contributed by atoms with van der Waals surface area (Å²) >= 11 is 0. The zero-order valence-electron chi connectivity index (χ0n) is 9.98. The van der Waals surface area contributed by atoms with Crippen LogP contribution in [0.25, 0.3) is 0 Å². The van der Waals surface area contributed by atoms with Gasteiger partial charge in [0.2, 0.25) is 0 Å². The van der Waals surface area contributed by atoms with E-state index in [1.54, 1.807) is 0 Å². The van der Waals surface area contributed by atoms with Gasteiger partial charge in [-0.05, 0) is 31.0 Å². The maximum Gasteiger partial charge on any atom is 0.119 e. The highest BCUT2D eigenvalue weighted by atomic mass is 16.5. The first-order chi connectivity index (χ1) is 7.77. The zero-order valence-corrected chi connectivity index (χ0v) is 9.98. The summed E-state index contributed by atoms with van der Waals surface area (Å²) in [5.74, 6) is 0.812. The van der Waals surface area contributed by atoms with E-state index in [9.17, 15) is 5.11 Å². The molecule has 3 heteroatoms. The zero-order chi connectivity index (χ0) is 11.8. The molecule has 1 atom stereocenters. The Labute approximate surface area is 97.0 Å². The Balaban J connectivity index is 2.39. The highest BCUT2D eigenvalue weighted by Gasteiger charge is 2.03. The van der Waals surface area contributed by atoms with Crippen molar-refractivity contribution < 1.29 is 14.6 Å². The van der Waals surface area contributed by atoms with Gasteiger partial charge in [-0.25, -0.2) is 0 Å². The van der Waals surface area contributed by atoms with Crippen molar-refractivity contribution in [3.8, 4) is 5.75 Å². The topological polar surface area (TPSA) is 38.7 Å². The van der Waals surface area contributed by atoms with Crippen LogP contribution in [0.15, 0.2) is 24.3 Å². The molecule has 0 saturated carbocycles. The van der Waals surface area contributed by atoms with Gasteiger partial charge in [0, 0.05) is 6.61 Å². The van der Waals surface area contributed by atoms with E-state index in [4.69, 9.17) is 9.47 Å². The van der Waals surface area contributed by atoms with E-state index in [0.29, 0.717) is 19.8 Å². The van der Waals surface area contributed by atoms with Crippen LogP contribution in [0.4, 0.5) is 0 Å². The molecular formula is C13H20O3. The van der Waals surface area contributed by atoms with Crippen LogP contribution in [0, 0.1) is 0 Å². The molecule has 0 bridgehead atoms. The van der Waals surface area contributed by atoms with Gasteiger partial charge in [0.25, 0.3) is 0 Å². The van der Waals surface area contributed by atoms with Crippen molar-refractivity contribution in [2.45, 2.75) is 26.4 Å². The van der Waals surface area contributed by atoms with Crippen LogP contribution in [-0.2, 0) is 4.74 Å². The molecule has 0 aliphatic carbocycles. The molecule has 0 saturated heterocycles. The van der Waals surface area contributed by atoms with E-state index in [0.717, 1.165) is 17.7 Å². The van der Waals surface area contributed by atoms with E-state index < -0.39 is 0 Å². The molecule has 16 heavy (non-hydrogen) atoms. The summed E-state index contributed by atoms with van der Waals surface area (Å²) in [5, 5.41) is 9.61. The van der Waals surface area contributed by atoms with Gasteiger partial charge >= 0.3 is 0 Å². The summed E-state index contributed by atoms with van der Waals surface area (Å²) in [4.78, 5) is 0. The Morgan fingerprint density at radius 2 is 1.81 bits per heavy atom. The van der Waals surface area contributed by atoms with Gasteiger partial charge in [0.05, 0.1) is 12.7 Å². The fourth-order valence-corrected chi connectivity index (χ4v) is 1.38. The fourth-order valence-electron chi connectivity index (χ4n) is 1.38. The predicted molar refractivity (Wildman–Crippen MR) is 63.7 cm³/mol. The quantitative estimate of drug-likeness (QED) is 0.723. The first-order valence-corrected chi connectivity index (χ1v) is 5.76. The molecule has 3 nitrogen and oxygen atoms in total. The second-order valence-corrected chi connectivity index (χ2v) is 3.54. The molecule has 0 radical (unpaired) electrons. The Bertz CT molecular complexity index is 282. The molecule has 1 aromatic carbocycles. The van der Waals surface area contributed by atoms with Gasteiger partial charge in [-0.1, -0.05) is 19.1 Å². The number of aliphatic hydroxyl groups is 1. The van der Waals surface area contributed by atoms with E-state index >= 15 is 0 Å². The first kappa shape index (κ1) is 13.0. The van der Waals surface area contributed by atoms with Crippen LogP contribution in [0.2, 0.25) is 0 Å². The van der Waals surface area contributed by atoms with Crippen molar-refractivity contribution in [2.24, 2.45) is 0 Å². The van der Waals surface area contributed by atoms with Gasteiger partial charge in [-0.15, -0.1) is 0 Å². The number of benzene rings is 1. The van der Waals surface area contributed by atoms with E-state index in [2.05, 4.69) is 0 Å². The fraction of sp³-hybridized carbons (Fsp3) is 0.538. The van der Waals surface area contributed by atoms with Crippen LogP contribution >= 0.6 is 0 Å². The molecule has 0 aliphatic rings. The third-order valence-electron chi connectivity index (χ3n) is 2.35. The Kier molecular flexibility index (Phi) is 5.90. The van der Waals surface area contributed by atoms with Gasteiger partial charge in [0.15, 0.2) is 0 Å². The average Bonchev–Trinajstić information content (AvgIpc) is 2.34. The van der Waals surface area contributed by atoms with Gasteiger partial charge < -0.3 is 14.6 Å². The molecule has 0 aliphatic heterocycles. The van der Waals surface area contributed by atoms with Crippen molar-refractivity contribution in [2.75, 3.05) is 19.8 Å². The molecule has 0 aromatic heterocycles. The molecule has 0 spiro atoms. The maximum atomic E-state index is 9.61. The van der Waals surface area contributed by atoms with Crippen molar-refractivity contribution in [1.29, 1.82) is 0 Å². The number of aliphatic hydroxyl groups excluding tert-OH is 1. The van der Waals surface area contributed by atoms with Crippen molar-refractivity contribution >= 4 is 0 Å². The Morgan fingerprint density at radius 1 is 1.12 bits per heavy atom. The number of hydrogen-bond acceptors (Lipinski definition) is 3. The third-order valence-corrected chi connectivity index (χ3v) is 2.35. The summed E-state index contributed by atoms with van der Waals surface area (Å²) in [5.41, 5.74) is 0.930. The summed E-state index contributed by atoms with van der Waals surface area (Å²) in [6.45, 7) is 5.79. The minimum atomic E-state index is -0.377. The molecule has 0 heterocycles. The maximum absolute atomic E-state index is 9.61. The monoisotopic (exact) mass is 224 g/mol. The van der Waals surface area contributed by atoms with Crippen LogP contribution in [0.5, 0.6) is 5.75 Å². The van der Waals surface area contributed by atoms with Gasteiger partial charge in [0.1, 0.15) is 12.4 Å². The number of ether oxygens (including phenoxy) is 2. The normalized spacial score (nSPS) is 12.4. The Morgan fingerprint density at radius 3 is 2.38 bits per heavy atom. The average molecular weight is 224 g/mol. The molecule has 1 rings (SSSR count). The number of rotatable bonds is 7. The third kappa shape index (κ3) is 4.21. The summed E-state index contributed by atoms with van der Waals surface area (Å²) in [7, 11) is 0. The summed E-state index contributed by atoms with van der Waals surface area (Å²) in [6, 6.07) is 7.54. The Hall–Kier alpha value is -1.06. The lowest BCUT2D eigenvalue weighted by Crippen LogP contribution is -2.06. The SMILES string of the molecule is CCOCCOc1ccc(C(O)CC)cc1. The first-order valence-electron chi connectivity index (χ1n) is 5.76. The lowest BCUT2D eigenvalue weighted by Gasteiger charge is -2.10. The molecule has 0 amide bonds. The minimum Gasteiger partial charge on any atom is -0.491 e. The standard InChI is InChI=1S/C13H20O3/c1-3-13(14)11-5-7-12(8-6-11)16-10-9-15-4-2/h5-8,13-14H,3-4,9-10H2,1-2H3. The molecular weight excluding hydrogens is 204 g/mol. The van der Waals surface area contributed by atoms with Crippen LogP contribution in [0.3, 0.4) is 0 Å². The second-order valence-electron chi connectivity index (χ2n) is 3.54. The highest BCUT2D eigenvalue weighted by molar-refractivity contribution is 5.28. The van der Waals surface area contributed by atoms with Gasteiger partial charge in [-0.2, -0.15) is 0 Å². The smallest absolute Gasteiger partial charge is 0.119 e. The van der Waals surface area contributed by atoms with E-state index in [-0.39, 0.29) is 6.10 Å². The molecule has 1 N–H and O–H groups in total. The highest BCUT2D eigenvalue weighted by Crippen LogP contribution is 2.19. The largest absolute Gasteiger partial charge is 0.491 e. The van der Waals surface area contributed by atoms with Crippen molar-refractivity contribution in [3.05, 3.63) is 29.8 Å². The summed E-state index contributed by atoms with van der Waals surface area (Å²) < 4.78 is 10.6. The molecule has 1 aromatic rings. The van der Waals surface area contributed by atoms with Gasteiger partial charge in [-0.3, -0.25) is 0 Å². The minimum absolute atomic E-state index is 0.377. The van der Waals surface area contributed by atoms with Crippen LogP contribution < -0.4 is 4.74 Å². The summed E-state index contributed by atoms with van der Waals surface area (Å²) in [6.07, 6.45) is 0.349. The number of hydrogen-bond donors (Lipinski definition) is 1. The molecule has 0 fully saturated rings. The van der Waals surface area contributed by atoms with Crippen LogP contribution in [0.1, 0.15) is 31.9 Å². The lowest BCUT2D eigenvalue weighted by molar-refractivity contribution is 0.110. The lowest BCUT2D eigenvalue weighted by atomic mass is 10.1. The molecule has 90 valence electrons. The second kappa shape index (κ2) is 7.25. The predicted octanol–water partition coefficient (Wildman–Crippen LogP) is 2.55. The molecule has 1 unspecified atom stereocenters. The van der Waals surface area contributed by atoms with Crippen molar-refractivity contribution in [1.82, 2.24) is 0 Å². The van der Waals surface area contributed by atoms with E-state index in [1.165, 1.54) is 0 Å².